The number of amides is 1. The monoisotopic (exact) mass is 240 g/mol. The van der Waals surface area contributed by atoms with Crippen LogP contribution in [0.4, 0.5) is 4.79 Å². The summed E-state index contributed by atoms with van der Waals surface area (Å²) in [5.41, 5.74) is 5.72. The van der Waals surface area contributed by atoms with E-state index in [9.17, 15) is 4.79 Å². The smallest absolute Gasteiger partial charge is 0.410 e. The number of rotatable bonds is 0. The molecule has 4 nitrogen and oxygen atoms in total. The van der Waals surface area contributed by atoms with Crippen LogP contribution < -0.4 is 5.73 Å². The van der Waals surface area contributed by atoms with Crippen LogP contribution in [0.15, 0.2) is 0 Å². The summed E-state index contributed by atoms with van der Waals surface area (Å²) in [5, 5.41) is 0. The highest BCUT2D eigenvalue weighted by Gasteiger charge is 2.41. The molecule has 2 fully saturated rings. The van der Waals surface area contributed by atoms with E-state index in [-0.39, 0.29) is 12.1 Å². The molecular formula is C13H24N2O2. The summed E-state index contributed by atoms with van der Waals surface area (Å²) in [7, 11) is 0. The van der Waals surface area contributed by atoms with Crippen LogP contribution >= 0.6 is 0 Å². The summed E-state index contributed by atoms with van der Waals surface area (Å²) in [6.45, 7) is 7.31. The first kappa shape index (κ1) is 12.7. The predicted molar refractivity (Wildman–Crippen MR) is 66.6 cm³/mol. The molecule has 98 valence electrons. The van der Waals surface area contributed by atoms with Gasteiger partial charge in [-0.15, -0.1) is 0 Å². The van der Waals surface area contributed by atoms with Crippen molar-refractivity contribution in [3.63, 3.8) is 0 Å². The number of nitrogens with two attached hydrogens (primary N) is 1. The molecule has 0 aromatic carbocycles. The minimum Gasteiger partial charge on any atom is -0.444 e. The highest BCUT2D eigenvalue weighted by molar-refractivity contribution is 5.68. The van der Waals surface area contributed by atoms with Gasteiger partial charge in [-0.05, 0) is 45.4 Å². The molecule has 4 heteroatoms. The third-order valence-corrected chi connectivity index (χ3v) is 3.81. The first-order valence-electron chi connectivity index (χ1n) is 6.60. The summed E-state index contributed by atoms with van der Waals surface area (Å²) in [4.78, 5) is 13.8. The van der Waals surface area contributed by atoms with Gasteiger partial charge in [0.05, 0.1) is 0 Å². The highest BCUT2D eigenvalue weighted by Crippen LogP contribution is 2.35. The lowest BCUT2D eigenvalue weighted by Gasteiger charge is -2.29. The molecule has 0 aromatic heterocycles. The Bertz CT molecular complexity index is 298. The maximum Gasteiger partial charge on any atom is 0.410 e. The maximum atomic E-state index is 12.0. The Labute approximate surface area is 103 Å². The van der Waals surface area contributed by atoms with Crippen molar-refractivity contribution >= 4 is 6.09 Å². The largest absolute Gasteiger partial charge is 0.444 e. The van der Waals surface area contributed by atoms with Gasteiger partial charge in [0.15, 0.2) is 0 Å². The van der Waals surface area contributed by atoms with Crippen molar-refractivity contribution in [2.45, 2.75) is 51.7 Å². The second kappa shape index (κ2) is 4.48. The van der Waals surface area contributed by atoms with Gasteiger partial charge in [-0.3, -0.25) is 0 Å². The van der Waals surface area contributed by atoms with Crippen molar-refractivity contribution in [2.24, 2.45) is 17.6 Å². The van der Waals surface area contributed by atoms with E-state index in [1.165, 1.54) is 12.8 Å². The van der Waals surface area contributed by atoms with Gasteiger partial charge in [0.25, 0.3) is 0 Å². The molecule has 1 amide bonds. The molecule has 2 N–H and O–H groups in total. The Morgan fingerprint density at radius 2 is 2.00 bits per heavy atom. The molecule has 1 saturated heterocycles. The van der Waals surface area contributed by atoms with E-state index >= 15 is 0 Å². The highest BCUT2D eigenvalue weighted by atomic mass is 16.6. The fraction of sp³-hybridized carbons (Fsp3) is 0.923. The molecule has 2 aliphatic rings. The van der Waals surface area contributed by atoms with Crippen LogP contribution in [0.1, 0.15) is 40.0 Å². The van der Waals surface area contributed by atoms with Crippen LogP contribution in [0, 0.1) is 11.8 Å². The number of nitrogens with zero attached hydrogens (tertiary/aromatic N) is 1. The minimum atomic E-state index is -0.410. The first-order valence-corrected chi connectivity index (χ1v) is 6.60. The zero-order valence-electron chi connectivity index (χ0n) is 11.1. The molecule has 17 heavy (non-hydrogen) atoms. The van der Waals surface area contributed by atoms with Crippen LogP contribution in [0.5, 0.6) is 0 Å². The normalized spacial score (nSPS) is 33.4. The zero-order valence-corrected chi connectivity index (χ0v) is 11.1. The SMILES string of the molecule is CC(C)(C)OC(=O)N1C[C@@H]2CCC[C@H](N)[C@H]2C1. The van der Waals surface area contributed by atoms with Gasteiger partial charge < -0.3 is 15.4 Å². The number of hydrogen-bond acceptors (Lipinski definition) is 3. The molecule has 0 aromatic rings. The predicted octanol–water partition coefficient (Wildman–Crippen LogP) is 1.98. The van der Waals surface area contributed by atoms with E-state index in [2.05, 4.69) is 0 Å². The first-order chi connectivity index (χ1) is 7.87. The van der Waals surface area contributed by atoms with Crippen LogP contribution in [-0.2, 0) is 4.74 Å². The van der Waals surface area contributed by atoms with Crippen LogP contribution in [0.25, 0.3) is 0 Å². The molecular weight excluding hydrogens is 216 g/mol. The van der Waals surface area contributed by atoms with Crippen molar-refractivity contribution in [1.29, 1.82) is 0 Å². The van der Waals surface area contributed by atoms with Crippen molar-refractivity contribution in [3.8, 4) is 0 Å². The van der Waals surface area contributed by atoms with Crippen molar-refractivity contribution in [2.75, 3.05) is 13.1 Å². The molecule has 1 heterocycles. The average molecular weight is 240 g/mol. The standard InChI is InChI=1S/C13H24N2O2/c1-13(2,3)17-12(16)15-7-9-5-4-6-11(14)10(9)8-15/h9-11H,4-8,14H2,1-3H3/t9-,10-,11-/m0/s1. The van der Waals surface area contributed by atoms with Crippen LogP contribution in [0.3, 0.4) is 0 Å². The van der Waals surface area contributed by atoms with Crippen molar-refractivity contribution < 1.29 is 9.53 Å². The van der Waals surface area contributed by atoms with Crippen LogP contribution in [0.2, 0.25) is 0 Å². The lowest BCUT2D eigenvalue weighted by atomic mass is 9.78. The summed E-state index contributed by atoms with van der Waals surface area (Å²) >= 11 is 0. The van der Waals surface area contributed by atoms with Gasteiger partial charge in [0.2, 0.25) is 0 Å². The van der Waals surface area contributed by atoms with Crippen LogP contribution in [-0.4, -0.2) is 35.7 Å². The number of carbonyl (C=O) groups is 1. The lowest BCUT2D eigenvalue weighted by molar-refractivity contribution is 0.0283. The number of carbonyl (C=O) groups excluding carboxylic acids is 1. The van der Waals surface area contributed by atoms with E-state index in [0.29, 0.717) is 11.8 Å². The maximum absolute atomic E-state index is 12.0. The Morgan fingerprint density at radius 3 is 2.59 bits per heavy atom. The quantitative estimate of drug-likeness (QED) is 0.704. The fourth-order valence-electron chi connectivity index (χ4n) is 2.99. The molecule has 1 aliphatic carbocycles. The number of hydrogen-bond donors (Lipinski definition) is 1. The topological polar surface area (TPSA) is 55.6 Å². The van der Waals surface area contributed by atoms with Crippen molar-refractivity contribution in [3.05, 3.63) is 0 Å². The third kappa shape index (κ3) is 2.92. The molecule has 0 spiro atoms. The van der Waals surface area contributed by atoms with Gasteiger partial charge in [0, 0.05) is 19.1 Å². The summed E-state index contributed by atoms with van der Waals surface area (Å²) in [6, 6.07) is 0.265. The molecule has 1 aliphatic heterocycles. The third-order valence-electron chi connectivity index (χ3n) is 3.81. The Balaban J connectivity index is 1.95. The number of likely N-dealkylation sites (tertiary alicyclic amines) is 1. The van der Waals surface area contributed by atoms with E-state index in [1.54, 1.807) is 0 Å². The van der Waals surface area contributed by atoms with E-state index in [4.69, 9.17) is 10.5 Å². The Morgan fingerprint density at radius 1 is 1.29 bits per heavy atom. The van der Waals surface area contributed by atoms with E-state index < -0.39 is 5.60 Å². The van der Waals surface area contributed by atoms with Gasteiger partial charge in [-0.1, -0.05) is 6.42 Å². The van der Waals surface area contributed by atoms with E-state index in [0.717, 1.165) is 19.5 Å². The van der Waals surface area contributed by atoms with Gasteiger partial charge in [-0.2, -0.15) is 0 Å². The Hall–Kier alpha value is -0.770. The van der Waals surface area contributed by atoms with Crippen molar-refractivity contribution in [1.82, 2.24) is 4.90 Å². The van der Waals surface area contributed by atoms with E-state index in [1.807, 2.05) is 25.7 Å². The number of fused-ring (bicyclic) bond motifs is 1. The molecule has 0 unspecified atom stereocenters. The summed E-state index contributed by atoms with van der Waals surface area (Å²) < 4.78 is 5.41. The number of ether oxygens (including phenoxy) is 1. The second-order valence-corrected chi connectivity index (χ2v) is 6.40. The average Bonchev–Trinajstić information content (AvgIpc) is 2.60. The summed E-state index contributed by atoms with van der Waals surface area (Å²) in [6.07, 6.45) is 3.32. The second-order valence-electron chi connectivity index (χ2n) is 6.40. The van der Waals surface area contributed by atoms with Gasteiger partial charge in [-0.25, -0.2) is 4.79 Å². The van der Waals surface area contributed by atoms with Gasteiger partial charge >= 0.3 is 6.09 Å². The minimum absolute atomic E-state index is 0.181. The van der Waals surface area contributed by atoms with Gasteiger partial charge in [0.1, 0.15) is 5.60 Å². The Kier molecular flexibility index (Phi) is 3.34. The molecule has 0 radical (unpaired) electrons. The fourth-order valence-corrected chi connectivity index (χ4v) is 2.99. The molecule has 0 bridgehead atoms. The molecule has 2 rings (SSSR count). The lowest BCUT2D eigenvalue weighted by Crippen LogP contribution is -2.39. The zero-order chi connectivity index (χ0) is 12.6. The molecule has 1 saturated carbocycles. The summed E-state index contributed by atoms with van der Waals surface area (Å²) in [5.74, 6) is 1.07. The molecule has 3 atom stereocenters.